The fraction of sp³-hybridized carbons (Fsp3) is 0.222. The Kier molecular flexibility index (Phi) is 4.74. The number of hydrogen-bond donors (Lipinski definition) is 1. The van der Waals surface area contributed by atoms with Crippen LogP contribution in [0.3, 0.4) is 0 Å². The fourth-order valence-corrected chi connectivity index (χ4v) is 2.66. The lowest BCUT2D eigenvalue weighted by Crippen LogP contribution is -1.97. The van der Waals surface area contributed by atoms with Crippen LogP contribution in [-0.4, -0.2) is 43.8 Å². The zero-order valence-electron chi connectivity index (χ0n) is 14.5. The summed E-state index contributed by atoms with van der Waals surface area (Å²) in [6, 6.07) is 11.3. The van der Waals surface area contributed by atoms with Crippen LogP contribution in [0.5, 0.6) is 23.0 Å². The molecule has 0 aliphatic rings. The van der Waals surface area contributed by atoms with Crippen LogP contribution in [0.15, 0.2) is 36.4 Å². The highest BCUT2D eigenvalue weighted by Crippen LogP contribution is 2.45. The van der Waals surface area contributed by atoms with E-state index < -0.39 is 0 Å². The second kappa shape index (κ2) is 7.12. The van der Waals surface area contributed by atoms with Gasteiger partial charge in [0.1, 0.15) is 11.4 Å². The molecule has 0 unspecified atom stereocenters. The number of hydrogen-bond acceptors (Lipinski definition) is 6. The third-order valence-electron chi connectivity index (χ3n) is 3.89. The molecule has 0 aliphatic heterocycles. The number of aromatic nitrogens is 3. The number of rotatable bonds is 6. The molecular weight excluding hydrogens is 322 g/mol. The highest BCUT2D eigenvalue weighted by Gasteiger charge is 2.21. The minimum Gasteiger partial charge on any atom is -0.497 e. The molecule has 0 fully saturated rings. The van der Waals surface area contributed by atoms with Crippen LogP contribution in [0.1, 0.15) is 0 Å². The molecule has 3 aromatic rings. The van der Waals surface area contributed by atoms with E-state index >= 15 is 0 Å². The molecule has 0 aliphatic carbocycles. The molecular formula is C18H19N3O4. The van der Waals surface area contributed by atoms with Gasteiger partial charge in [0.25, 0.3) is 0 Å². The largest absolute Gasteiger partial charge is 0.497 e. The molecule has 25 heavy (non-hydrogen) atoms. The number of methoxy groups -OCH3 is 4. The van der Waals surface area contributed by atoms with Gasteiger partial charge >= 0.3 is 0 Å². The number of H-pyrrole nitrogens is 1. The normalized spacial score (nSPS) is 10.4. The van der Waals surface area contributed by atoms with Crippen molar-refractivity contribution in [3.05, 3.63) is 36.4 Å². The zero-order chi connectivity index (χ0) is 17.8. The number of benzene rings is 2. The highest BCUT2D eigenvalue weighted by molar-refractivity contribution is 5.83. The molecule has 1 heterocycles. The number of nitrogens with one attached hydrogen (secondary N) is 1. The lowest BCUT2D eigenvalue weighted by molar-refractivity contribution is 0.325. The van der Waals surface area contributed by atoms with Gasteiger partial charge in [-0.1, -0.05) is 5.21 Å². The van der Waals surface area contributed by atoms with Gasteiger partial charge in [0.2, 0.25) is 5.75 Å². The van der Waals surface area contributed by atoms with E-state index in [0.717, 1.165) is 22.6 Å². The van der Waals surface area contributed by atoms with Crippen molar-refractivity contribution in [2.24, 2.45) is 0 Å². The predicted octanol–water partition coefficient (Wildman–Crippen LogP) is 3.17. The Balaban J connectivity index is 2.13. The summed E-state index contributed by atoms with van der Waals surface area (Å²) in [7, 11) is 6.35. The molecule has 0 saturated heterocycles. The Labute approximate surface area is 145 Å². The molecule has 7 nitrogen and oxygen atoms in total. The maximum atomic E-state index is 5.55. The first kappa shape index (κ1) is 16.6. The van der Waals surface area contributed by atoms with Gasteiger partial charge in [-0.05, 0) is 36.4 Å². The van der Waals surface area contributed by atoms with Gasteiger partial charge in [-0.2, -0.15) is 0 Å². The Morgan fingerprint density at radius 1 is 0.760 bits per heavy atom. The van der Waals surface area contributed by atoms with E-state index in [1.54, 1.807) is 28.4 Å². The first-order valence-electron chi connectivity index (χ1n) is 7.58. The molecule has 0 saturated carbocycles. The van der Waals surface area contributed by atoms with Crippen LogP contribution < -0.4 is 18.9 Å². The van der Waals surface area contributed by atoms with E-state index in [1.165, 1.54) is 0 Å². The average Bonchev–Trinajstić information content (AvgIpc) is 3.16. The van der Waals surface area contributed by atoms with E-state index in [2.05, 4.69) is 15.4 Å². The minimum absolute atomic E-state index is 0.506. The van der Waals surface area contributed by atoms with Crippen LogP contribution in [-0.2, 0) is 0 Å². The van der Waals surface area contributed by atoms with Gasteiger partial charge in [-0.15, -0.1) is 5.10 Å². The third kappa shape index (κ3) is 2.96. The van der Waals surface area contributed by atoms with E-state index in [9.17, 15) is 0 Å². The SMILES string of the molecule is COc1ccc(-c2[nH]nnc2-c2ccc(OC)c(OC)c2OC)cc1. The maximum absolute atomic E-state index is 5.55. The van der Waals surface area contributed by atoms with E-state index in [0.29, 0.717) is 22.9 Å². The maximum Gasteiger partial charge on any atom is 0.203 e. The van der Waals surface area contributed by atoms with E-state index in [4.69, 9.17) is 18.9 Å². The summed E-state index contributed by atoms with van der Waals surface area (Å²) < 4.78 is 21.5. The first-order chi connectivity index (χ1) is 12.2. The van der Waals surface area contributed by atoms with Gasteiger partial charge in [0.05, 0.1) is 39.7 Å². The Morgan fingerprint density at radius 3 is 2.08 bits per heavy atom. The monoisotopic (exact) mass is 341 g/mol. The van der Waals surface area contributed by atoms with E-state index in [1.807, 2.05) is 36.4 Å². The minimum atomic E-state index is 0.506. The van der Waals surface area contributed by atoms with Crippen molar-refractivity contribution in [1.29, 1.82) is 0 Å². The topological polar surface area (TPSA) is 78.5 Å². The molecule has 1 N–H and O–H groups in total. The van der Waals surface area contributed by atoms with Crippen LogP contribution in [0.4, 0.5) is 0 Å². The third-order valence-corrected chi connectivity index (χ3v) is 3.89. The molecule has 0 radical (unpaired) electrons. The van der Waals surface area contributed by atoms with E-state index in [-0.39, 0.29) is 0 Å². The van der Waals surface area contributed by atoms with Crippen molar-refractivity contribution in [2.45, 2.75) is 0 Å². The highest BCUT2D eigenvalue weighted by atomic mass is 16.5. The lowest BCUT2D eigenvalue weighted by Gasteiger charge is -2.15. The predicted molar refractivity (Wildman–Crippen MR) is 93.5 cm³/mol. The van der Waals surface area contributed by atoms with Crippen LogP contribution in [0.25, 0.3) is 22.5 Å². The molecule has 1 aromatic heterocycles. The van der Waals surface area contributed by atoms with Gasteiger partial charge in [0.15, 0.2) is 11.5 Å². The molecule has 0 atom stereocenters. The molecule has 130 valence electrons. The fourth-order valence-electron chi connectivity index (χ4n) is 2.66. The van der Waals surface area contributed by atoms with Gasteiger partial charge in [-0.3, -0.25) is 5.10 Å². The Hall–Kier alpha value is -3.22. The summed E-state index contributed by atoms with van der Waals surface area (Å²) in [5.41, 5.74) is 3.11. The average molecular weight is 341 g/mol. The quantitative estimate of drug-likeness (QED) is 0.742. The standard InChI is InChI=1S/C18H19N3O4/c1-22-12-7-5-11(6-8-12)15-16(20-21-19-15)13-9-10-14(23-2)18(25-4)17(13)24-3/h5-10H,1-4H3,(H,19,20,21). The van der Waals surface area contributed by atoms with Crippen LogP contribution >= 0.6 is 0 Å². The van der Waals surface area contributed by atoms with Crippen LogP contribution in [0.2, 0.25) is 0 Å². The summed E-state index contributed by atoms with van der Waals surface area (Å²) in [5.74, 6) is 2.40. The van der Waals surface area contributed by atoms with Crippen molar-refractivity contribution in [3.63, 3.8) is 0 Å². The van der Waals surface area contributed by atoms with Gasteiger partial charge in [-0.25, -0.2) is 0 Å². The van der Waals surface area contributed by atoms with Gasteiger partial charge < -0.3 is 18.9 Å². The van der Waals surface area contributed by atoms with Crippen molar-refractivity contribution in [1.82, 2.24) is 15.4 Å². The van der Waals surface area contributed by atoms with Crippen molar-refractivity contribution in [2.75, 3.05) is 28.4 Å². The molecule has 0 amide bonds. The summed E-state index contributed by atoms with van der Waals surface area (Å²) in [5, 5.41) is 11.1. The smallest absolute Gasteiger partial charge is 0.203 e. The van der Waals surface area contributed by atoms with Crippen molar-refractivity contribution >= 4 is 0 Å². The molecule has 0 spiro atoms. The zero-order valence-corrected chi connectivity index (χ0v) is 14.5. The molecule has 2 aromatic carbocycles. The lowest BCUT2D eigenvalue weighted by atomic mass is 10.0. The molecule has 7 heteroatoms. The second-order valence-corrected chi connectivity index (χ2v) is 5.15. The first-order valence-corrected chi connectivity index (χ1v) is 7.58. The van der Waals surface area contributed by atoms with Crippen molar-refractivity contribution < 1.29 is 18.9 Å². The summed E-state index contributed by atoms with van der Waals surface area (Å²) in [6.45, 7) is 0. The number of nitrogens with zero attached hydrogens (tertiary/aromatic N) is 2. The number of aromatic amines is 1. The molecule has 0 bridgehead atoms. The number of ether oxygens (including phenoxy) is 4. The molecule has 3 rings (SSSR count). The summed E-state index contributed by atoms with van der Waals surface area (Å²) in [4.78, 5) is 0. The summed E-state index contributed by atoms with van der Waals surface area (Å²) in [6.07, 6.45) is 0. The Bertz CT molecular complexity index is 859. The second-order valence-electron chi connectivity index (χ2n) is 5.15. The Morgan fingerprint density at radius 2 is 1.48 bits per heavy atom. The van der Waals surface area contributed by atoms with Crippen LogP contribution in [0, 0.1) is 0 Å². The van der Waals surface area contributed by atoms with Crippen molar-refractivity contribution in [3.8, 4) is 45.5 Å². The van der Waals surface area contributed by atoms with Gasteiger partial charge in [0, 0.05) is 5.56 Å². The summed E-state index contributed by atoms with van der Waals surface area (Å²) >= 11 is 0.